The predicted molar refractivity (Wildman–Crippen MR) is 121 cm³/mol. The molecular formula is C23H30N6O3. The van der Waals surface area contributed by atoms with Crippen molar-refractivity contribution in [2.24, 2.45) is 0 Å². The third kappa shape index (κ3) is 4.85. The summed E-state index contributed by atoms with van der Waals surface area (Å²) in [7, 11) is 0. The predicted octanol–water partition coefficient (Wildman–Crippen LogP) is 0.646. The van der Waals surface area contributed by atoms with E-state index in [4.69, 9.17) is 4.74 Å². The van der Waals surface area contributed by atoms with Crippen molar-refractivity contribution in [3.8, 4) is 0 Å². The smallest absolute Gasteiger partial charge is 0.270 e. The lowest BCUT2D eigenvalue weighted by Crippen LogP contribution is -2.43. The maximum Gasteiger partial charge on any atom is 0.270 e. The van der Waals surface area contributed by atoms with Crippen molar-refractivity contribution < 1.29 is 14.6 Å². The maximum atomic E-state index is 12.8. The summed E-state index contributed by atoms with van der Waals surface area (Å²) in [5.74, 6) is 0.900. The second kappa shape index (κ2) is 9.40. The van der Waals surface area contributed by atoms with Gasteiger partial charge in [-0.1, -0.05) is 24.3 Å². The van der Waals surface area contributed by atoms with Crippen molar-refractivity contribution in [2.75, 3.05) is 56.2 Å². The van der Waals surface area contributed by atoms with Crippen LogP contribution < -0.4 is 15.5 Å². The summed E-state index contributed by atoms with van der Waals surface area (Å²) in [6, 6.07) is 10.3. The summed E-state index contributed by atoms with van der Waals surface area (Å²) < 4.78 is 5.21. The molecule has 9 nitrogen and oxygen atoms in total. The maximum absolute atomic E-state index is 12.8. The van der Waals surface area contributed by atoms with Crippen LogP contribution in [0, 0.1) is 0 Å². The fourth-order valence-electron chi connectivity index (χ4n) is 4.18. The highest BCUT2D eigenvalue weighted by Crippen LogP contribution is 2.21. The first-order valence-electron chi connectivity index (χ1n) is 11.4. The summed E-state index contributed by atoms with van der Waals surface area (Å²) in [5, 5.41) is 16.7. The molecule has 3 aliphatic heterocycles. The minimum Gasteiger partial charge on any atom is -0.390 e. The third-order valence-corrected chi connectivity index (χ3v) is 6.25. The molecular weight excluding hydrogens is 408 g/mol. The number of fused-ring (bicyclic) bond motifs is 1. The molecule has 1 aromatic heterocycles. The van der Waals surface area contributed by atoms with Gasteiger partial charge < -0.3 is 25.4 Å². The molecule has 0 bridgehead atoms. The van der Waals surface area contributed by atoms with Crippen LogP contribution in [0.15, 0.2) is 30.3 Å². The number of nitrogens with one attached hydrogen (secondary N) is 2. The van der Waals surface area contributed by atoms with Crippen molar-refractivity contribution in [1.29, 1.82) is 0 Å². The molecule has 0 unspecified atom stereocenters. The average Bonchev–Trinajstić information content (AvgIpc) is 2.73. The molecule has 0 aliphatic carbocycles. The number of carbonyl (C=O) groups is 1. The standard InChI is InChI=1S/C23H30N6O3/c30-19(13-28-9-6-16-4-1-2-5-17(16)12-28)11-24-22(31)20-10-21(25-18-14-32-15-18)27-23(26-20)29-7-3-8-29/h1-2,4-5,10,18-19,30H,3,6-9,11-15H2,(H,24,31)(H,25,26,27)/t19-/m0/s1. The van der Waals surface area contributed by atoms with Gasteiger partial charge in [-0.15, -0.1) is 0 Å². The highest BCUT2D eigenvalue weighted by Gasteiger charge is 2.24. The number of hydrogen-bond acceptors (Lipinski definition) is 8. The van der Waals surface area contributed by atoms with Gasteiger partial charge in [0.1, 0.15) is 11.5 Å². The molecule has 32 heavy (non-hydrogen) atoms. The zero-order valence-corrected chi connectivity index (χ0v) is 18.2. The van der Waals surface area contributed by atoms with E-state index in [-0.39, 0.29) is 18.5 Å². The lowest BCUT2D eigenvalue weighted by molar-refractivity contribution is 0.0209. The van der Waals surface area contributed by atoms with E-state index in [0.717, 1.165) is 39.0 Å². The molecule has 3 N–H and O–H groups in total. The highest BCUT2D eigenvalue weighted by atomic mass is 16.5. The molecule has 2 fully saturated rings. The zero-order chi connectivity index (χ0) is 21.9. The number of carbonyl (C=O) groups excluding carboxylic acids is 1. The Bertz CT molecular complexity index is 962. The van der Waals surface area contributed by atoms with Gasteiger partial charge in [0, 0.05) is 45.3 Å². The number of aliphatic hydroxyl groups excluding tert-OH is 1. The Morgan fingerprint density at radius 3 is 2.72 bits per heavy atom. The third-order valence-electron chi connectivity index (χ3n) is 6.25. The molecule has 0 saturated carbocycles. The highest BCUT2D eigenvalue weighted by molar-refractivity contribution is 5.93. The summed E-state index contributed by atoms with van der Waals surface area (Å²) in [4.78, 5) is 26.1. The van der Waals surface area contributed by atoms with Crippen LogP contribution in [0.4, 0.5) is 11.8 Å². The molecule has 2 aromatic rings. The first-order chi connectivity index (χ1) is 15.6. The summed E-state index contributed by atoms with van der Waals surface area (Å²) in [6.07, 6.45) is 1.44. The number of aromatic nitrogens is 2. The van der Waals surface area contributed by atoms with Gasteiger partial charge in [-0.05, 0) is 24.0 Å². The molecule has 3 aliphatic rings. The van der Waals surface area contributed by atoms with Crippen molar-refractivity contribution in [3.05, 3.63) is 47.2 Å². The Morgan fingerprint density at radius 2 is 2.00 bits per heavy atom. The lowest BCUT2D eigenvalue weighted by Gasteiger charge is -2.32. The van der Waals surface area contributed by atoms with Gasteiger partial charge in [0.25, 0.3) is 5.91 Å². The van der Waals surface area contributed by atoms with Gasteiger partial charge in [-0.3, -0.25) is 9.69 Å². The number of ether oxygens (including phenoxy) is 1. The van der Waals surface area contributed by atoms with E-state index >= 15 is 0 Å². The van der Waals surface area contributed by atoms with E-state index in [1.807, 2.05) is 0 Å². The van der Waals surface area contributed by atoms with Crippen LogP contribution in [-0.4, -0.2) is 84.0 Å². The van der Waals surface area contributed by atoms with Crippen LogP contribution in [0.2, 0.25) is 0 Å². The van der Waals surface area contributed by atoms with Crippen LogP contribution >= 0.6 is 0 Å². The first kappa shape index (κ1) is 21.1. The number of anilines is 2. The number of benzene rings is 1. The monoisotopic (exact) mass is 438 g/mol. The van der Waals surface area contributed by atoms with E-state index in [1.54, 1.807) is 6.07 Å². The molecule has 9 heteroatoms. The number of rotatable bonds is 8. The minimum absolute atomic E-state index is 0.180. The quantitative estimate of drug-likeness (QED) is 0.552. The number of aliphatic hydroxyl groups is 1. The number of hydrogen-bond donors (Lipinski definition) is 3. The van der Waals surface area contributed by atoms with Gasteiger partial charge >= 0.3 is 0 Å². The van der Waals surface area contributed by atoms with Crippen LogP contribution in [0.1, 0.15) is 28.0 Å². The van der Waals surface area contributed by atoms with E-state index in [2.05, 4.69) is 54.7 Å². The Labute approximate surface area is 187 Å². The van der Waals surface area contributed by atoms with E-state index in [1.165, 1.54) is 11.1 Å². The van der Waals surface area contributed by atoms with Gasteiger partial charge in [0.2, 0.25) is 5.95 Å². The molecule has 170 valence electrons. The lowest BCUT2D eigenvalue weighted by atomic mass is 10.00. The molecule has 1 atom stereocenters. The van der Waals surface area contributed by atoms with Crippen molar-refractivity contribution >= 4 is 17.7 Å². The fourth-order valence-corrected chi connectivity index (χ4v) is 4.18. The molecule has 2 saturated heterocycles. The Morgan fingerprint density at radius 1 is 1.19 bits per heavy atom. The topological polar surface area (TPSA) is 103 Å². The average molecular weight is 439 g/mol. The fraction of sp³-hybridized carbons (Fsp3) is 0.522. The number of amides is 1. The van der Waals surface area contributed by atoms with Gasteiger partial charge in [0.15, 0.2) is 0 Å². The van der Waals surface area contributed by atoms with E-state index < -0.39 is 6.10 Å². The Kier molecular flexibility index (Phi) is 6.20. The second-order valence-electron chi connectivity index (χ2n) is 8.78. The van der Waals surface area contributed by atoms with Gasteiger partial charge in [0.05, 0.1) is 25.4 Å². The normalized spacial score (nSPS) is 19.5. The van der Waals surface area contributed by atoms with Crippen LogP contribution in [0.5, 0.6) is 0 Å². The summed E-state index contributed by atoms with van der Waals surface area (Å²) in [6.45, 7) is 5.50. The van der Waals surface area contributed by atoms with Crippen molar-refractivity contribution in [1.82, 2.24) is 20.2 Å². The first-order valence-corrected chi connectivity index (χ1v) is 11.4. The van der Waals surface area contributed by atoms with Gasteiger partial charge in [-0.25, -0.2) is 4.98 Å². The zero-order valence-electron chi connectivity index (χ0n) is 18.2. The van der Waals surface area contributed by atoms with Gasteiger partial charge in [-0.2, -0.15) is 4.98 Å². The van der Waals surface area contributed by atoms with Crippen LogP contribution in [0.3, 0.4) is 0 Å². The molecule has 0 radical (unpaired) electrons. The second-order valence-corrected chi connectivity index (χ2v) is 8.78. The van der Waals surface area contributed by atoms with E-state index in [0.29, 0.717) is 37.2 Å². The Balaban J connectivity index is 1.17. The molecule has 1 amide bonds. The molecule has 5 rings (SSSR count). The minimum atomic E-state index is -0.648. The van der Waals surface area contributed by atoms with Crippen molar-refractivity contribution in [2.45, 2.75) is 31.5 Å². The Hall–Kier alpha value is -2.75. The van der Waals surface area contributed by atoms with Crippen LogP contribution in [-0.2, 0) is 17.7 Å². The number of β-amino-alcohol motifs (C(OH)–C–C–N with tert-alkyl or cyclic N) is 1. The largest absolute Gasteiger partial charge is 0.390 e. The van der Waals surface area contributed by atoms with E-state index in [9.17, 15) is 9.90 Å². The molecule has 1 aromatic carbocycles. The van der Waals surface area contributed by atoms with Crippen LogP contribution in [0.25, 0.3) is 0 Å². The molecule has 4 heterocycles. The summed E-state index contributed by atoms with van der Waals surface area (Å²) >= 11 is 0. The number of nitrogens with zero attached hydrogens (tertiary/aromatic N) is 4. The summed E-state index contributed by atoms with van der Waals surface area (Å²) in [5.41, 5.74) is 3.00. The van der Waals surface area contributed by atoms with Crippen molar-refractivity contribution in [3.63, 3.8) is 0 Å². The molecule has 0 spiro atoms. The SMILES string of the molecule is O=C(NC[C@H](O)CN1CCc2ccccc2C1)c1cc(NC2COC2)nc(N2CCC2)n1.